The van der Waals surface area contributed by atoms with Gasteiger partial charge in [-0.3, -0.25) is 9.11 Å². The second-order valence-electron chi connectivity index (χ2n) is 2.55. The van der Waals surface area contributed by atoms with Crippen molar-refractivity contribution in [1.29, 1.82) is 0 Å². The van der Waals surface area contributed by atoms with Crippen molar-refractivity contribution in [3.05, 3.63) is 18.2 Å². The molecule has 0 aliphatic heterocycles. The zero-order valence-electron chi connectivity index (χ0n) is 7.02. The first kappa shape index (κ1) is 11.9. The normalized spacial score (nSPS) is 12.7. The Kier molecular flexibility index (Phi) is 2.74. The molecule has 0 bridgehead atoms. The van der Waals surface area contributed by atoms with Gasteiger partial charge in [0.05, 0.1) is 0 Å². The molecule has 1 aromatic rings. The zero-order valence-corrected chi connectivity index (χ0v) is 8.66. The van der Waals surface area contributed by atoms with Crippen molar-refractivity contribution >= 4 is 20.2 Å². The summed E-state index contributed by atoms with van der Waals surface area (Å²) in [6, 6.07) is 2.60. The molecule has 0 aliphatic rings. The standard InChI is InChI=1S/C6H6O7S2/c7-4-2-1-3-5(14(8,9)10)6(4)15(11,12)13/h1-3,7H,(H,8,9,10)(H,11,12,13). The summed E-state index contributed by atoms with van der Waals surface area (Å²) in [6.45, 7) is 0. The van der Waals surface area contributed by atoms with Crippen molar-refractivity contribution < 1.29 is 31.0 Å². The Hall–Kier alpha value is -1.16. The van der Waals surface area contributed by atoms with Crippen LogP contribution in [0.2, 0.25) is 0 Å². The molecule has 15 heavy (non-hydrogen) atoms. The Balaban J connectivity index is 3.79. The highest BCUT2D eigenvalue weighted by Gasteiger charge is 2.26. The largest absolute Gasteiger partial charge is 0.506 e. The molecule has 9 heteroatoms. The van der Waals surface area contributed by atoms with Crippen molar-refractivity contribution in [2.45, 2.75) is 9.79 Å². The number of aromatic hydroxyl groups is 1. The monoisotopic (exact) mass is 254 g/mol. The van der Waals surface area contributed by atoms with Gasteiger partial charge in [0.2, 0.25) is 0 Å². The highest BCUT2D eigenvalue weighted by atomic mass is 32.2. The SMILES string of the molecule is O=S(=O)(O)c1cccc(O)c1S(=O)(=O)O. The molecule has 7 nitrogen and oxygen atoms in total. The molecule has 0 amide bonds. The van der Waals surface area contributed by atoms with Crippen LogP contribution in [0, 0.1) is 0 Å². The third kappa shape index (κ3) is 2.45. The van der Waals surface area contributed by atoms with E-state index in [1.807, 2.05) is 0 Å². The maximum Gasteiger partial charge on any atom is 0.299 e. The van der Waals surface area contributed by atoms with E-state index in [0.717, 1.165) is 18.2 Å². The Morgan fingerprint density at radius 3 is 1.80 bits per heavy atom. The summed E-state index contributed by atoms with van der Waals surface area (Å²) >= 11 is 0. The van der Waals surface area contributed by atoms with E-state index in [1.54, 1.807) is 0 Å². The van der Waals surface area contributed by atoms with Gasteiger partial charge in [0.25, 0.3) is 20.2 Å². The molecule has 84 valence electrons. The highest BCUT2D eigenvalue weighted by molar-refractivity contribution is 7.89. The van der Waals surface area contributed by atoms with Crippen LogP contribution in [-0.2, 0) is 20.2 Å². The second-order valence-corrected chi connectivity index (χ2v) is 5.30. The fourth-order valence-corrected chi connectivity index (χ4v) is 2.84. The lowest BCUT2D eigenvalue weighted by atomic mass is 10.3. The van der Waals surface area contributed by atoms with E-state index in [0.29, 0.717) is 0 Å². The molecule has 0 saturated heterocycles. The molecule has 3 N–H and O–H groups in total. The van der Waals surface area contributed by atoms with Gasteiger partial charge in [-0.2, -0.15) is 16.8 Å². The molecule has 0 aliphatic carbocycles. The van der Waals surface area contributed by atoms with Crippen molar-refractivity contribution in [3.8, 4) is 5.75 Å². The van der Waals surface area contributed by atoms with E-state index in [9.17, 15) is 16.8 Å². The van der Waals surface area contributed by atoms with E-state index in [1.165, 1.54) is 0 Å². The van der Waals surface area contributed by atoms with E-state index in [4.69, 9.17) is 14.2 Å². The molecule has 1 aromatic carbocycles. The van der Waals surface area contributed by atoms with Crippen LogP contribution in [0.15, 0.2) is 28.0 Å². The van der Waals surface area contributed by atoms with Gasteiger partial charge in [-0.05, 0) is 12.1 Å². The van der Waals surface area contributed by atoms with Crippen LogP contribution in [0.1, 0.15) is 0 Å². The van der Waals surface area contributed by atoms with E-state index in [2.05, 4.69) is 0 Å². The minimum Gasteiger partial charge on any atom is -0.506 e. The van der Waals surface area contributed by atoms with Crippen molar-refractivity contribution in [1.82, 2.24) is 0 Å². The molecule has 0 heterocycles. The fraction of sp³-hybridized carbons (Fsp3) is 0. The minimum atomic E-state index is -4.94. The predicted molar refractivity (Wildman–Crippen MR) is 47.7 cm³/mol. The summed E-state index contributed by atoms with van der Waals surface area (Å²) in [5.41, 5.74) is 0. The average Bonchev–Trinajstić information content (AvgIpc) is 1.99. The number of phenols is 1. The van der Waals surface area contributed by atoms with E-state index in [-0.39, 0.29) is 0 Å². The molecule has 0 aromatic heterocycles. The summed E-state index contributed by atoms with van der Waals surface area (Å²) in [6.07, 6.45) is 0. The van der Waals surface area contributed by atoms with Crippen LogP contribution in [0.4, 0.5) is 0 Å². The molecule has 0 spiro atoms. The molecule has 0 atom stereocenters. The quantitative estimate of drug-likeness (QED) is 0.627. The zero-order chi connectivity index (χ0) is 11.9. The van der Waals surface area contributed by atoms with Crippen LogP contribution in [0.5, 0.6) is 5.75 Å². The first-order chi connectivity index (χ1) is 6.64. The molecule has 0 fully saturated rings. The Morgan fingerprint density at radius 2 is 1.47 bits per heavy atom. The Labute approximate surface area is 85.5 Å². The van der Waals surface area contributed by atoms with Gasteiger partial charge in [0, 0.05) is 0 Å². The summed E-state index contributed by atoms with van der Waals surface area (Å²) in [5.74, 6) is -0.965. The van der Waals surface area contributed by atoms with Gasteiger partial charge in [-0.25, -0.2) is 0 Å². The van der Waals surface area contributed by atoms with Crippen LogP contribution >= 0.6 is 0 Å². The maximum absolute atomic E-state index is 10.7. The van der Waals surface area contributed by atoms with Gasteiger partial charge in [0.1, 0.15) is 10.6 Å². The summed E-state index contributed by atoms with van der Waals surface area (Å²) in [7, 11) is -9.77. The number of rotatable bonds is 2. The first-order valence-electron chi connectivity index (χ1n) is 3.41. The maximum atomic E-state index is 10.7. The lowest BCUT2D eigenvalue weighted by Gasteiger charge is -2.05. The van der Waals surface area contributed by atoms with Gasteiger partial charge >= 0.3 is 0 Å². The van der Waals surface area contributed by atoms with Gasteiger partial charge in [0.15, 0.2) is 4.90 Å². The third-order valence-corrected chi connectivity index (χ3v) is 3.46. The molecule has 1 rings (SSSR count). The second kappa shape index (κ2) is 3.45. The number of hydrogen-bond donors (Lipinski definition) is 3. The Morgan fingerprint density at radius 1 is 0.933 bits per heavy atom. The summed E-state index contributed by atoms with van der Waals surface area (Å²) < 4.78 is 60.2. The smallest absolute Gasteiger partial charge is 0.299 e. The number of benzene rings is 1. The number of hydrogen-bond acceptors (Lipinski definition) is 5. The lowest BCUT2D eigenvalue weighted by Crippen LogP contribution is -2.08. The van der Waals surface area contributed by atoms with Crippen molar-refractivity contribution in [3.63, 3.8) is 0 Å². The van der Waals surface area contributed by atoms with E-state index < -0.39 is 35.8 Å². The number of phenolic OH excluding ortho intramolecular Hbond substituents is 1. The fourth-order valence-electron chi connectivity index (χ4n) is 0.967. The summed E-state index contributed by atoms with van der Waals surface area (Å²) in [5, 5.41) is 9.08. The lowest BCUT2D eigenvalue weighted by molar-refractivity contribution is 0.431. The Bertz CT molecular complexity index is 584. The van der Waals surface area contributed by atoms with Crippen LogP contribution in [0.3, 0.4) is 0 Å². The average molecular weight is 254 g/mol. The van der Waals surface area contributed by atoms with Crippen molar-refractivity contribution in [2.75, 3.05) is 0 Å². The van der Waals surface area contributed by atoms with Gasteiger partial charge < -0.3 is 5.11 Å². The van der Waals surface area contributed by atoms with Crippen LogP contribution in [-0.4, -0.2) is 31.0 Å². The topological polar surface area (TPSA) is 129 Å². The molecule has 0 radical (unpaired) electrons. The van der Waals surface area contributed by atoms with Gasteiger partial charge in [-0.1, -0.05) is 6.07 Å². The third-order valence-electron chi connectivity index (χ3n) is 1.49. The molecular weight excluding hydrogens is 248 g/mol. The molecule has 0 saturated carbocycles. The first-order valence-corrected chi connectivity index (χ1v) is 6.29. The highest BCUT2D eigenvalue weighted by Crippen LogP contribution is 2.29. The minimum absolute atomic E-state index is 0.734. The molecular formula is C6H6O7S2. The van der Waals surface area contributed by atoms with Crippen LogP contribution in [0.25, 0.3) is 0 Å². The predicted octanol–water partition coefficient (Wildman–Crippen LogP) is -0.114. The molecule has 0 unspecified atom stereocenters. The van der Waals surface area contributed by atoms with Crippen LogP contribution < -0.4 is 0 Å². The van der Waals surface area contributed by atoms with E-state index >= 15 is 0 Å². The van der Waals surface area contributed by atoms with Gasteiger partial charge in [-0.15, -0.1) is 0 Å². The summed E-state index contributed by atoms with van der Waals surface area (Å²) in [4.78, 5) is -2.32. The van der Waals surface area contributed by atoms with Crippen molar-refractivity contribution in [2.24, 2.45) is 0 Å².